The number of piperidine rings is 1. The lowest BCUT2D eigenvalue weighted by atomic mass is 9.91. The van der Waals surface area contributed by atoms with Gasteiger partial charge in [0.15, 0.2) is 5.78 Å². The van der Waals surface area contributed by atoms with Gasteiger partial charge < -0.3 is 14.5 Å². The largest absolute Gasteiger partial charge is 0.497 e. The number of methoxy groups -OCH3 is 1. The zero-order chi connectivity index (χ0) is 27.2. The van der Waals surface area contributed by atoms with Gasteiger partial charge in [-0.2, -0.15) is 4.31 Å². The van der Waals surface area contributed by atoms with Crippen LogP contribution in [0.1, 0.15) is 36.8 Å². The van der Waals surface area contributed by atoms with Crippen LogP contribution in [-0.2, 0) is 19.6 Å². The number of anilines is 1. The molecule has 1 aromatic carbocycles. The van der Waals surface area contributed by atoms with Gasteiger partial charge in [-0.25, -0.2) is 8.42 Å². The number of Topliss-reactive ketones (excluding diaryl/α,β-unsaturated/α-hetero) is 1. The first-order valence-corrected chi connectivity index (χ1v) is 14.0. The Morgan fingerprint density at radius 2 is 1.65 bits per heavy atom. The van der Waals surface area contributed by atoms with Crippen molar-refractivity contribution in [2.75, 3.05) is 52.3 Å². The quantitative estimate of drug-likeness (QED) is 0.440. The van der Waals surface area contributed by atoms with Gasteiger partial charge in [0, 0.05) is 51.7 Å². The number of carbonyl (C=O) groups excluding carboxylic acids is 2. The van der Waals surface area contributed by atoms with Gasteiger partial charge in [0.1, 0.15) is 5.75 Å². The van der Waals surface area contributed by atoms with Crippen LogP contribution in [0.4, 0.5) is 5.69 Å². The van der Waals surface area contributed by atoms with Crippen LogP contribution in [0.2, 0.25) is 0 Å². The minimum Gasteiger partial charge on any atom is -0.497 e. The van der Waals surface area contributed by atoms with Gasteiger partial charge in [0.2, 0.25) is 15.9 Å². The van der Waals surface area contributed by atoms with E-state index in [0.717, 1.165) is 36.7 Å². The Hall–Kier alpha value is -2.98. The number of aryl methyl sites for hydroxylation is 2. The summed E-state index contributed by atoms with van der Waals surface area (Å²) in [6, 6.07) is 7.34. The van der Waals surface area contributed by atoms with Crippen LogP contribution in [0.5, 0.6) is 5.75 Å². The molecule has 0 atom stereocenters. The molecule has 37 heavy (non-hydrogen) atoms. The highest BCUT2D eigenvalue weighted by Crippen LogP contribution is 2.28. The van der Waals surface area contributed by atoms with Crippen LogP contribution in [0.15, 0.2) is 41.6 Å². The molecule has 0 N–H and O–H groups in total. The number of amides is 1. The third-order valence-electron chi connectivity index (χ3n) is 7.01. The molecule has 1 amide bonds. The number of likely N-dealkylation sites (N-methyl/N-ethyl adjacent to an activating group) is 2. The van der Waals surface area contributed by atoms with Crippen LogP contribution in [0.25, 0.3) is 0 Å². The normalized spacial score (nSPS) is 14.6. The van der Waals surface area contributed by atoms with E-state index in [0.29, 0.717) is 29.2 Å². The van der Waals surface area contributed by atoms with Crippen molar-refractivity contribution in [3.8, 4) is 5.75 Å². The Morgan fingerprint density at radius 3 is 2.22 bits per heavy atom. The lowest BCUT2D eigenvalue weighted by Gasteiger charge is -2.33. The molecule has 2 heterocycles. The lowest BCUT2D eigenvalue weighted by Crippen LogP contribution is -2.41. The van der Waals surface area contributed by atoms with Crippen LogP contribution < -0.4 is 9.64 Å². The second-order valence-electron chi connectivity index (χ2n) is 9.81. The van der Waals surface area contributed by atoms with Crippen molar-refractivity contribution >= 4 is 27.4 Å². The van der Waals surface area contributed by atoms with Gasteiger partial charge >= 0.3 is 0 Å². The standard InChI is InChI=1S/C27H38N4O5S/c1-20-16-25(36-5)17-21(2)27(20)37(34,35)30(4)19-26(33)29(3)18-24(32)7-6-22-10-14-31(15-11-22)23-8-12-28-13-9-23/h8-9,12-13,16-17,22H,6-7,10-11,14-15,18-19H2,1-5H3. The summed E-state index contributed by atoms with van der Waals surface area (Å²) in [6.45, 7) is 4.94. The van der Waals surface area contributed by atoms with E-state index >= 15 is 0 Å². The average Bonchev–Trinajstić information content (AvgIpc) is 2.87. The van der Waals surface area contributed by atoms with Crippen molar-refractivity contribution in [1.29, 1.82) is 0 Å². The number of nitrogens with zero attached hydrogens (tertiary/aromatic N) is 4. The van der Waals surface area contributed by atoms with Crippen molar-refractivity contribution in [3.05, 3.63) is 47.8 Å². The maximum Gasteiger partial charge on any atom is 0.243 e. The van der Waals surface area contributed by atoms with Crippen molar-refractivity contribution < 1.29 is 22.7 Å². The Morgan fingerprint density at radius 1 is 1.05 bits per heavy atom. The average molecular weight is 531 g/mol. The summed E-state index contributed by atoms with van der Waals surface area (Å²) < 4.78 is 32.6. The van der Waals surface area contributed by atoms with E-state index in [4.69, 9.17) is 4.74 Å². The van der Waals surface area contributed by atoms with Crippen LogP contribution in [0, 0.1) is 19.8 Å². The third kappa shape index (κ3) is 7.29. The number of hydrogen-bond acceptors (Lipinski definition) is 7. The summed E-state index contributed by atoms with van der Waals surface area (Å²) in [4.78, 5) is 33.2. The van der Waals surface area contributed by atoms with Gasteiger partial charge in [-0.3, -0.25) is 14.6 Å². The summed E-state index contributed by atoms with van der Waals surface area (Å²) in [7, 11) is 0.550. The zero-order valence-electron chi connectivity index (χ0n) is 22.4. The van der Waals surface area contributed by atoms with E-state index in [1.807, 2.05) is 12.1 Å². The first kappa shape index (κ1) is 28.6. The number of aromatic nitrogens is 1. The highest BCUT2D eigenvalue weighted by atomic mass is 32.2. The molecule has 1 aliphatic rings. The molecule has 9 nitrogen and oxygen atoms in total. The van der Waals surface area contributed by atoms with E-state index < -0.39 is 15.9 Å². The van der Waals surface area contributed by atoms with Crippen LogP contribution in [-0.4, -0.2) is 81.7 Å². The monoisotopic (exact) mass is 530 g/mol. The molecular weight excluding hydrogens is 492 g/mol. The zero-order valence-corrected chi connectivity index (χ0v) is 23.3. The Bertz CT molecular complexity index is 1170. The summed E-state index contributed by atoms with van der Waals surface area (Å²) in [5, 5.41) is 0. The number of carbonyl (C=O) groups is 2. The van der Waals surface area contributed by atoms with Crippen LogP contribution >= 0.6 is 0 Å². The molecule has 1 aromatic heterocycles. The summed E-state index contributed by atoms with van der Waals surface area (Å²) in [6.07, 6.45) is 6.86. The molecule has 3 rings (SSSR count). The number of hydrogen-bond donors (Lipinski definition) is 0. The molecule has 2 aromatic rings. The molecule has 10 heteroatoms. The molecule has 0 aliphatic carbocycles. The second-order valence-corrected chi connectivity index (χ2v) is 11.8. The van der Waals surface area contributed by atoms with Crippen molar-refractivity contribution in [2.24, 2.45) is 5.92 Å². The second kappa shape index (κ2) is 12.5. The summed E-state index contributed by atoms with van der Waals surface area (Å²) in [5.41, 5.74) is 2.27. The van der Waals surface area contributed by atoms with E-state index in [-0.39, 0.29) is 23.8 Å². The highest BCUT2D eigenvalue weighted by Gasteiger charge is 2.28. The molecule has 202 valence electrons. The number of sulfonamides is 1. The Labute approximate surface area is 220 Å². The number of ether oxygens (including phenoxy) is 1. The topological polar surface area (TPSA) is 100 Å². The van der Waals surface area contributed by atoms with Gasteiger partial charge in [-0.15, -0.1) is 0 Å². The maximum atomic E-state index is 13.2. The van der Waals surface area contributed by atoms with Crippen molar-refractivity contribution in [3.63, 3.8) is 0 Å². The summed E-state index contributed by atoms with van der Waals surface area (Å²) in [5.74, 6) is 0.620. The highest BCUT2D eigenvalue weighted by molar-refractivity contribution is 7.89. The summed E-state index contributed by atoms with van der Waals surface area (Å²) >= 11 is 0. The fourth-order valence-electron chi connectivity index (χ4n) is 4.82. The Kier molecular flexibility index (Phi) is 9.67. The molecule has 0 unspecified atom stereocenters. The van der Waals surface area contributed by atoms with Gasteiger partial charge in [-0.05, 0) is 74.4 Å². The smallest absolute Gasteiger partial charge is 0.243 e. The number of pyridine rings is 1. The lowest BCUT2D eigenvalue weighted by molar-refractivity contribution is -0.134. The third-order valence-corrected chi connectivity index (χ3v) is 9.12. The molecular formula is C27H38N4O5S. The number of rotatable bonds is 11. The SMILES string of the molecule is COc1cc(C)c(S(=O)(=O)N(C)CC(=O)N(C)CC(=O)CCC2CCN(c3ccncc3)CC2)c(C)c1. The molecule has 0 radical (unpaired) electrons. The van der Waals surface area contributed by atoms with E-state index in [1.165, 1.54) is 31.8 Å². The molecule has 0 spiro atoms. The molecule has 0 saturated carbocycles. The number of ketones is 1. The molecule has 1 fully saturated rings. The van der Waals surface area contributed by atoms with E-state index in [9.17, 15) is 18.0 Å². The van der Waals surface area contributed by atoms with Crippen molar-refractivity contribution in [1.82, 2.24) is 14.2 Å². The van der Waals surface area contributed by atoms with Gasteiger partial charge in [0.25, 0.3) is 0 Å². The fourth-order valence-corrected chi connectivity index (χ4v) is 6.34. The minimum atomic E-state index is -3.89. The molecule has 1 saturated heterocycles. The maximum absolute atomic E-state index is 13.2. The first-order valence-electron chi connectivity index (χ1n) is 12.5. The molecule has 0 bridgehead atoms. The molecule has 1 aliphatic heterocycles. The number of benzene rings is 1. The minimum absolute atomic E-state index is 0.0141. The first-order chi connectivity index (χ1) is 17.5. The Balaban J connectivity index is 1.47. The predicted molar refractivity (Wildman–Crippen MR) is 143 cm³/mol. The van der Waals surface area contributed by atoms with Crippen molar-refractivity contribution in [2.45, 2.75) is 44.4 Å². The van der Waals surface area contributed by atoms with E-state index in [2.05, 4.69) is 9.88 Å². The van der Waals surface area contributed by atoms with Gasteiger partial charge in [-0.1, -0.05) is 0 Å². The van der Waals surface area contributed by atoms with Gasteiger partial charge in [0.05, 0.1) is 25.1 Å². The fraction of sp³-hybridized carbons (Fsp3) is 0.519. The predicted octanol–water partition coefficient (Wildman–Crippen LogP) is 3.05. The van der Waals surface area contributed by atoms with E-state index in [1.54, 1.807) is 38.4 Å². The van der Waals surface area contributed by atoms with Crippen LogP contribution in [0.3, 0.4) is 0 Å².